The molecule has 2 heterocycles. The fraction of sp³-hybridized carbons (Fsp3) is 0.350. The lowest BCUT2D eigenvalue weighted by Gasteiger charge is -2.31. The van der Waals surface area contributed by atoms with Crippen LogP contribution in [0.1, 0.15) is 40.6 Å². The average Bonchev–Trinajstić information content (AvgIpc) is 3.22. The van der Waals surface area contributed by atoms with E-state index in [2.05, 4.69) is 5.32 Å². The molecule has 0 radical (unpaired) electrons. The van der Waals surface area contributed by atoms with Crippen molar-refractivity contribution < 1.29 is 19.1 Å². The van der Waals surface area contributed by atoms with Gasteiger partial charge in [-0.3, -0.25) is 14.5 Å². The molecule has 1 aliphatic heterocycles. The van der Waals surface area contributed by atoms with E-state index in [-0.39, 0.29) is 30.9 Å². The molecular weight excluding hydrogens is 364 g/mol. The zero-order valence-electron chi connectivity index (χ0n) is 15.0. The number of carbonyl (C=O) groups excluding carboxylic acids is 3. The molecule has 4 rings (SSSR count). The first-order valence-corrected chi connectivity index (χ1v) is 9.84. The van der Waals surface area contributed by atoms with Crippen LogP contribution in [0.4, 0.5) is 4.79 Å². The van der Waals surface area contributed by atoms with Gasteiger partial charge in [0.25, 0.3) is 5.91 Å². The predicted molar refractivity (Wildman–Crippen MR) is 101 cm³/mol. The highest BCUT2D eigenvalue weighted by atomic mass is 32.1. The number of urea groups is 1. The lowest BCUT2D eigenvalue weighted by atomic mass is 9.80. The number of imide groups is 1. The number of hydrogen-bond donors (Lipinski definition) is 1. The number of hydrogen-bond acceptors (Lipinski definition) is 5. The number of benzene rings is 1. The number of ketones is 1. The number of carbonyl (C=O) groups is 3. The van der Waals surface area contributed by atoms with Crippen molar-refractivity contribution in [2.24, 2.45) is 0 Å². The van der Waals surface area contributed by atoms with Crippen molar-refractivity contribution in [1.82, 2.24) is 10.2 Å². The van der Waals surface area contributed by atoms with Gasteiger partial charge in [-0.2, -0.15) is 0 Å². The van der Waals surface area contributed by atoms with Crippen molar-refractivity contribution in [3.05, 3.63) is 51.7 Å². The SMILES string of the molecule is CC(=O)c1ccccc1OCCN1C(=O)N[C@]2(CCCc3sccc32)C1=O. The zero-order chi connectivity index (χ0) is 19.0. The maximum absolute atomic E-state index is 13.1. The molecule has 2 aliphatic rings. The summed E-state index contributed by atoms with van der Waals surface area (Å²) in [5, 5.41) is 4.90. The second kappa shape index (κ2) is 6.81. The van der Waals surface area contributed by atoms with Crippen molar-refractivity contribution in [3.8, 4) is 5.75 Å². The third kappa shape index (κ3) is 2.92. The van der Waals surface area contributed by atoms with Gasteiger partial charge in [-0.05, 0) is 49.8 Å². The van der Waals surface area contributed by atoms with Crippen LogP contribution in [0.15, 0.2) is 35.7 Å². The molecular formula is C20H20N2O4S. The number of ether oxygens (including phenoxy) is 1. The predicted octanol–water partition coefficient (Wildman–Crippen LogP) is 3.11. The van der Waals surface area contributed by atoms with Gasteiger partial charge < -0.3 is 10.1 Å². The van der Waals surface area contributed by atoms with Crippen LogP contribution in [0.5, 0.6) is 5.75 Å². The van der Waals surface area contributed by atoms with Crippen molar-refractivity contribution in [1.29, 1.82) is 0 Å². The molecule has 0 saturated carbocycles. The lowest BCUT2D eigenvalue weighted by molar-refractivity contribution is -0.132. The van der Waals surface area contributed by atoms with Crippen LogP contribution in [0.3, 0.4) is 0 Å². The summed E-state index contributed by atoms with van der Waals surface area (Å²) in [4.78, 5) is 39.7. The van der Waals surface area contributed by atoms with E-state index in [1.165, 1.54) is 16.7 Å². The summed E-state index contributed by atoms with van der Waals surface area (Å²) in [6, 6.07) is 8.52. The van der Waals surface area contributed by atoms with Gasteiger partial charge in [-0.25, -0.2) is 4.79 Å². The number of fused-ring (bicyclic) bond motifs is 2. The molecule has 27 heavy (non-hydrogen) atoms. The second-order valence-electron chi connectivity index (χ2n) is 6.80. The Morgan fingerprint density at radius 3 is 2.93 bits per heavy atom. The minimum atomic E-state index is -0.929. The van der Waals surface area contributed by atoms with Gasteiger partial charge in [0.2, 0.25) is 0 Å². The smallest absolute Gasteiger partial charge is 0.325 e. The Balaban J connectivity index is 1.48. The maximum Gasteiger partial charge on any atom is 0.325 e. The fourth-order valence-electron chi connectivity index (χ4n) is 3.87. The molecule has 1 N–H and O–H groups in total. The summed E-state index contributed by atoms with van der Waals surface area (Å²) in [5.41, 5.74) is 0.492. The number of rotatable bonds is 5. The molecule has 0 bridgehead atoms. The molecule has 7 heteroatoms. The van der Waals surface area contributed by atoms with E-state index in [1.54, 1.807) is 35.6 Å². The van der Waals surface area contributed by atoms with Crippen molar-refractivity contribution in [3.63, 3.8) is 0 Å². The van der Waals surface area contributed by atoms with Gasteiger partial charge in [0.1, 0.15) is 17.9 Å². The van der Waals surface area contributed by atoms with Gasteiger partial charge in [0, 0.05) is 10.4 Å². The van der Waals surface area contributed by atoms with E-state index in [1.807, 2.05) is 11.4 Å². The van der Waals surface area contributed by atoms with E-state index in [0.29, 0.717) is 17.7 Å². The van der Waals surface area contributed by atoms with Crippen molar-refractivity contribution >= 4 is 29.1 Å². The van der Waals surface area contributed by atoms with Gasteiger partial charge >= 0.3 is 6.03 Å². The number of Topliss-reactive ketones (excluding diaryl/α,β-unsaturated/α-hetero) is 1. The van der Waals surface area contributed by atoms with Gasteiger partial charge in [-0.15, -0.1) is 11.3 Å². The maximum atomic E-state index is 13.1. The first-order chi connectivity index (χ1) is 13.0. The number of nitrogens with one attached hydrogen (secondary N) is 1. The average molecular weight is 384 g/mol. The standard InChI is InChI=1S/C20H20N2O4S/c1-13(23)14-5-2-3-6-16(14)26-11-10-22-18(24)20(21-19(22)25)9-4-7-17-15(20)8-12-27-17/h2-3,5-6,8,12H,4,7,9-11H2,1H3,(H,21,25)/t20-/m0/s1. The van der Waals surface area contributed by atoms with Crippen LogP contribution >= 0.6 is 11.3 Å². The van der Waals surface area contributed by atoms with Crippen molar-refractivity contribution in [2.45, 2.75) is 31.7 Å². The minimum absolute atomic E-state index is 0.0910. The molecule has 0 unspecified atom stereocenters. The Hall–Kier alpha value is -2.67. The Morgan fingerprint density at radius 2 is 2.11 bits per heavy atom. The number of nitrogens with zero attached hydrogens (tertiary/aromatic N) is 1. The third-order valence-electron chi connectivity index (χ3n) is 5.18. The van der Waals surface area contributed by atoms with Crippen LogP contribution < -0.4 is 10.1 Å². The minimum Gasteiger partial charge on any atom is -0.491 e. The van der Waals surface area contributed by atoms with E-state index >= 15 is 0 Å². The van der Waals surface area contributed by atoms with Crippen LogP contribution in [0, 0.1) is 0 Å². The largest absolute Gasteiger partial charge is 0.491 e. The molecule has 1 aromatic heterocycles. The molecule has 1 atom stereocenters. The van der Waals surface area contributed by atoms with E-state index in [9.17, 15) is 14.4 Å². The van der Waals surface area contributed by atoms with E-state index in [4.69, 9.17) is 4.74 Å². The summed E-state index contributed by atoms with van der Waals surface area (Å²) >= 11 is 1.63. The molecule has 3 amide bonds. The van der Waals surface area contributed by atoms with Gasteiger partial charge in [0.05, 0.1) is 12.1 Å². The van der Waals surface area contributed by atoms with Crippen LogP contribution in [-0.2, 0) is 16.8 Å². The van der Waals surface area contributed by atoms with Crippen LogP contribution in [0.2, 0.25) is 0 Å². The monoisotopic (exact) mass is 384 g/mol. The highest BCUT2D eigenvalue weighted by Crippen LogP contribution is 2.42. The van der Waals surface area contributed by atoms with Crippen molar-refractivity contribution in [2.75, 3.05) is 13.2 Å². The van der Waals surface area contributed by atoms with Crippen LogP contribution in [0.25, 0.3) is 0 Å². The molecule has 2 aromatic rings. The molecule has 1 spiro atoms. The van der Waals surface area contributed by atoms with E-state index < -0.39 is 5.54 Å². The number of para-hydroxylation sites is 1. The highest BCUT2D eigenvalue weighted by molar-refractivity contribution is 7.10. The molecule has 1 aliphatic carbocycles. The topological polar surface area (TPSA) is 75.7 Å². The lowest BCUT2D eigenvalue weighted by Crippen LogP contribution is -2.46. The Morgan fingerprint density at radius 1 is 1.30 bits per heavy atom. The Bertz CT molecular complexity index is 922. The first-order valence-electron chi connectivity index (χ1n) is 8.96. The quantitative estimate of drug-likeness (QED) is 0.635. The first kappa shape index (κ1) is 17.7. The molecule has 6 nitrogen and oxygen atoms in total. The van der Waals surface area contributed by atoms with Crippen LogP contribution in [-0.4, -0.2) is 35.8 Å². The highest BCUT2D eigenvalue weighted by Gasteiger charge is 2.54. The molecule has 1 aromatic carbocycles. The summed E-state index contributed by atoms with van der Waals surface area (Å²) in [6.07, 6.45) is 2.44. The van der Waals surface area contributed by atoms with Gasteiger partial charge in [0.15, 0.2) is 5.78 Å². The second-order valence-corrected chi connectivity index (χ2v) is 7.80. The normalized spacial score (nSPS) is 21.3. The summed E-state index contributed by atoms with van der Waals surface area (Å²) in [7, 11) is 0. The summed E-state index contributed by atoms with van der Waals surface area (Å²) < 4.78 is 5.69. The molecule has 140 valence electrons. The summed E-state index contributed by atoms with van der Waals surface area (Å²) in [5.74, 6) is 0.159. The zero-order valence-corrected chi connectivity index (χ0v) is 15.8. The summed E-state index contributed by atoms with van der Waals surface area (Å²) in [6.45, 7) is 1.75. The van der Waals surface area contributed by atoms with Gasteiger partial charge in [-0.1, -0.05) is 12.1 Å². The Labute approximate surface area is 161 Å². The number of thiophene rings is 1. The number of amides is 3. The number of aryl methyl sites for hydroxylation is 1. The Kier molecular flexibility index (Phi) is 4.47. The molecule has 1 fully saturated rings. The fourth-order valence-corrected chi connectivity index (χ4v) is 4.87. The third-order valence-corrected chi connectivity index (χ3v) is 6.16. The molecule has 1 saturated heterocycles. The van der Waals surface area contributed by atoms with E-state index in [0.717, 1.165) is 18.4 Å².